The smallest absolute Gasteiger partial charge is 0.338 e. The molecule has 2 saturated heterocycles. The molecule has 9 rings (SSSR count). The Morgan fingerprint density at radius 2 is 1.20 bits per heavy atom. The van der Waals surface area contributed by atoms with E-state index in [1.165, 1.54) is 74.9 Å². The quantitative estimate of drug-likeness (QED) is 0.122. The predicted octanol–water partition coefficient (Wildman–Crippen LogP) is 8.80. The number of amides is 1. The second-order valence-corrected chi connectivity index (χ2v) is 21.0. The fourth-order valence-electron chi connectivity index (χ4n) is 6.43. The first kappa shape index (κ1) is 49.6. The van der Waals surface area contributed by atoms with Crippen molar-refractivity contribution in [2.45, 2.75) is 72.2 Å². The van der Waals surface area contributed by atoms with Gasteiger partial charge in [-0.25, -0.2) is 19.6 Å². The van der Waals surface area contributed by atoms with E-state index >= 15 is 0 Å². The van der Waals surface area contributed by atoms with E-state index in [0.717, 1.165) is 34.4 Å². The van der Waals surface area contributed by atoms with Crippen molar-refractivity contribution in [3.05, 3.63) is 127 Å². The number of carboxylic acid groups (broad SMARTS) is 2. The average molecular weight is 1050 g/mol. The Bertz CT molecular complexity index is 2760. The molecule has 3 N–H and O–H groups in total. The molecule has 2 fully saturated rings. The zero-order chi connectivity index (χ0) is 47.0. The van der Waals surface area contributed by atoms with Crippen molar-refractivity contribution in [3.63, 3.8) is 0 Å². The van der Waals surface area contributed by atoms with E-state index in [4.69, 9.17) is 20.7 Å². The number of nitriles is 2. The maximum absolute atomic E-state index is 13.3. The number of likely N-dealkylation sites (tertiary alicyclic amines) is 1. The van der Waals surface area contributed by atoms with Crippen molar-refractivity contribution in [3.8, 4) is 22.1 Å². The summed E-state index contributed by atoms with van der Waals surface area (Å²) in [6.45, 7) is 5.98. The molecule has 23 heteroatoms. The van der Waals surface area contributed by atoms with Crippen LogP contribution < -0.4 is 5.32 Å². The van der Waals surface area contributed by atoms with Gasteiger partial charge in [-0.05, 0) is 114 Å². The average Bonchev–Trinajstić information content (AvgIpc) is 4.19. The second-order valence-electron chi connectivity index (χ2n) is 14.4. The molecule has 66 heavy (non-hydrogen) atoms. The van der Waals surface area contributed by atoms with Crippen molar-refractivity contribution in [1.82, 2.24) is 50.2 Å². The van der Waals surface area contributed by atoms with Gasteiger partial charge in [0, 0.05) is 48.1 Å². The highest BCUT2D eigenvalue weighted by atomic mass is 79.9. The van der Waals surface area contributed by atoms with E-state index in [0.29, 0.717) is 48.9 Å². The molecule has 2 aliphatic rings. The van der Waals surface area contributed by atoms with Crippen LogP contribution in [0, 0.1) is 22.7 Å². The number of pyridine rings is 2. The van der Waals surface area contributed by atoms with E-state index < -0.39 is 11.9 Å². The van der Waals surface area contributed by atoms with Crippen LogP contribution >= 0.6 is 73.5 Å². The van der Waals surface area contributed by atoms with Gasteiger partial charge in [0.2, 0.25) is 0 Å². The Hall–Kier alpha value is -5.79. The topological polar surface area (TPSA) is 242 Å². The zero-order valence-corrected chi connectivity index (χ0v) is 40.9. The number of nitrogens with zero attached hydrogens (tertiary/aromatic N) is 11. The standard InChI is InChI=1S/C19H18N6OS2.C12H15N3S.C7H5N3O2S.C5H3BrO2S/c1-13-2-3-15(28-17-10-14(11-20)4-6-21-17)12-24(13)18(26)16-5-9-27-19(16)25-22-7-8-23-25;1-9-2-3-11(8-15-9)16-12-6-10(7-13)4-5-14-12;11-7(12)5-1-4-13-6(5)10-8-2-3-9-10;6-4-3(5(7)8)1-2-9-4/h4-10,13,15H,2-3,12H2,1H3;4-6,9,11,15H,2-3,8H2,1H3;1-4H,(H,11,12);1-2H,(H,7,8)/t13-,15-;9-,11-;;/m11../s1. The van der Waals surface area contributed by atoms with Crippen molar-refractivity contribution in [2.75, 3.05) is 13.1 Å². The first-order chi connectivity index (χ1) is 31.9. The number of thioether (sulfide) groups is 2. The minimum Gasteiger partial charge on any atom is -0.478 e. The first-order valence-electron chi connectivity index (χ1n) is 20.1. The van der Waals surface area contributed by atoms with E-state index in [2.05, 4.69) is 77.6 Å². The van der Waals surface area contributed by atoms with Gasteiger partial charge in [-0.2, -0.15) is 30.9 Å². The summed E-state index contributed by atoms with van der Waals surface area (Å²) in [6.07, 6.45) is 14.0. The maximum atomic E-state index is 13.3. The van der Waals surface area contributed by atoms with Gasteiger partial charge in [0.15, 0.2) is 10.0 Å². The molecule has 2 aliphatic heterocycles. The number of rotatable bonds is 9. The molecule has 7 aromatic heterocycles. The number of aromatic nitrogens is 8. The van der Waals surface area contributed by atoms with E-state index in [-0.39, 0.29) is 22.8 Å². The van der Waals surface area contributed by atoms with Gasteiger partial charge < -0.3 is 20.4 Å². The van der Waals surface area contributed by atoms with E-state index in [9.17, 15) is 14.4 Å². The summed E-state index contributed by atoms with van der Waals surface area (Å²) in [7, 11) is 0. The van der Waals surface area contributed by atoms with Crippen molar-refractivity contribution < 1.29 is 24.6 Å². The Kier molecular flexibility index (Phi) is 18.5. The van der Waals surface area contributed by atoms with E-state index in [1.54, 1.807) is 83.3 Å². The van der Waals surface area contributed by atoms with Gasteiger partial charge in [0.25, 0.3) is 5.91 Å². The molecule has 1 amide bonds. The Balaban J connectivity index is 0.000000160. The molecule has 0 saturated carbocycles. The van der Waals surface area contributed by atoms with Crippen LogP contribution in [0.3, 0.4) is 0 Å². The first-order valence-corrected chi connectivity index (χ1v) is 25.3. The highest BCUT2D eigenvalue weighted by molar-refractivity contribution is 9.11. The minimum absolute atomic E-state index is 0.00471. The largest absolute Gasteiger partial charge is 0.478 e. The van der Waals surface area contributed by atoms with Gasteiger partial charge in [-0.3, -0.25) is 4.79 Å². The number of aromatic carboxylic acids is 2. The van der Waals surface area contributed by atoms with Gasteiger partial charge >= 0.3 is 11.9 Å². The molecule has 17 nitrogen and oxygen atoms in total. The van der Waals surface area contributed by atoms with Crippen LogP contribution in [-0.2, 0) is 0 Å². The molecular formula is C43H41BrN12O5S5. The lowest BCUT2D eigenvalue weighted by atomic mass is 10.0. The number of thiophene rings is 3. The summed E-state index contributed by atoms with van der Waals surface area (Å²) < 4.78 is 0.676. The summed E-state index contributed by atoms with van der Waals surface area (Å²) >= 11 is 10.6. The van der Waals surface area contributed by atoms with Crippen LogP contribution in [0.2, 0.25) is 0 Å². The minimum atomic E-state index is -0.964. The number of carboxylic acids is 2. The van der Waals surface area contributed by atoms with Gasteiger partial charge in [-0.1, -0.05) is 0 Å². The van der Waals surface area contributed by atoms with Crippen LogP contribution in [0.5, 0.6) is 0 Å². The fraction of sp³-hybridized carbons (Fsp3) is 0.279. The third-order valence-corrected chi connectivity index (χ3v) is 15.6. The van der Waals surface area contributed by atoms with Crippen LogP contribution in [0.25, 0.3) is 10.0 Å². The third-order valence-electron chi connectivity index (χ3n) is 9.82. The monoisotopic (exact) mass is 1040 g/mol. The predicted molar refractivity (Wildman–Crippen MR) is 258 cm³/mol. The summed E-state index contributed by atoms with van der Waals surface area (Å²) in [4.78, 5) is 47.6. The molecule has 0 aliphatic carbocycles. The summed E-state index contributed by atoms with van der Waals surface area (Å²) in [5, 5.41) is 63.8. The highest BCUT2D eigenvalue weighted by Crippen LogP contribution is 2.33. The molecule has 340 valence electrons. The normalized spacial score (nSPS) is 17.6. The second kappa shape index (κ2) is 24.7. The number of halogens is 1. The molecule has 9 heterocycles. The molecule has 0 bridgehead atoms. The van der Waals surface area contributed by atoms with Crippen LogP contribution in [0.4, 0.5) is 0 Å². The number of hydrogen-bond donors (Lipinski definition) is 3. The SMILES string of the molecule is C[C@@H]1CC[C@@H](Sc2cc(C#N)ccn2)CN1.C[C@@H]1CC[C@@H](Sc2cc(C#N)ccn2)CN1C(=O)c1ccsc1-n1nccn1.O=C(O)c1ccsc1-n1nccn1.O=C(O)c1ccsc1Br. The van der Waals surface area contributed by atoms with Crippen LogP contribution in [0.15, 0.2) is 110 Å². The summed E-state index contributed by atoms with van der Waals surface area (Å²) in [5.41, 5.74) is 2.48. The Morgan fingerprint density at radius 3 is 1.68 bits per heavy atom. The number of hydrogen-bond acceptors (Lipinski definition) is 17. The van der Waals surface area contributed by atoms with Gasteiger partial charge in [0.05, 0.1) is 78.6 Å². The number of nitrogens with one attached hydrogen (secondary N) is 1. The molecule has 0 aromatic carbocycles. The Morgan fingerprint density at radius 1 is 0.697 bits per heavy atom. The maximum Gasteiger partial charge on any atom is 0.338 e. The van der Waals surface area contributed by atoms with Crippen molar-refractivity contribution in [2.24, 2.45) is 0 Å². The number of carbonyl (C=O) groups is 3. The van der Waals surface area contributed by atoms with Gasteiger partial charge in [-0.15, -0.1) is 67.1 Å². The molecule has 7 aromatic rings. The number of piperidine rings is 2. The third kappa shape index (κ3) is 13.9. The summed E-state index contributed by atoms with van der Waals surface area (Å²) in [6, 6.07) is 17.1. The molecular weight excluding hydrogens is 1000 g/mol. The lowest BCUT2D eigenvalue weighted by Crippen LogP contribution is -2.46. The van der Waals surface area contributed by atoms with Gasteiger partial charge in [0.1, 0.15) is 0 Å². The molecule has 0 spiro atoms. The van der Waals surface area contributed by atoms with Crippen LogP contribution in [-0.4, -0.2) is 109 Å². The lowest BCUT2D eigenvalue weighted by molar-refractivity contribution is 0.0640. The fourth-order valence-corrected chi connectivity index (χ4v) is 11.5. The Labute approximate surface area is 408 Å². The molecule has 4 atom stereocenters. The highest BCUT2D eigenvalue weighted by Gasteiger charge is 2.32. The summed E-state index contributed by atoms with van der Waals surface area (Å²) in [5.74, 6) is -1.85. The number of carbonyl (C=O) groups excluding carboxylic acids is 1. The lowest BCUT2D eigenvalue weighted by Gasteiger charge is -2.37. The van der Waals surface area contributed by atoms with Crippen molar-refractivity contribution in [1.29, 1.82) is 10.5 Å². The molecule has 0 unspecified atom stereocenters. The van der Waals surface area contributed by atoms with Crippen LogP contribution in [0.1, 0.15) is 81.7 Å². The molecule has 0 radical (unpaired) electrons. The van der Waals surface area contributed by atoms with Crippen molar-refractivity contribution >= 4 is 91.3 Å². The zero-order valence-electron chi connectivity index (χ0n) is 35.2. The van der Waals surface area contributed by atoms with E-state index in [1.807, 2.05) is 22.4 Å².